The molecule has 1 saturated carbocycles. The zero-order chi connectivity index (χ0) is 14.8. The molecule has 0 spiro atoms. The van der Waals surface area contributed by atoms with Crippen LogP contribution in [0, 0.1) is 11.8 Å². The average Bonchev–Trinajstić information content (AvgIpc) is 3.27. The van der Waals surface area contributed by atoms with E-state index in [0.29, 0.717) is 11.1 Å². The van der Waals surface area contributed by atoms with Gasteiger partial charge < -0.3 is 5.32 Å². The minimum absolute atomic E-state index is 0.361. The summed E-state index contributed by atoms with van der Waals surface area (Å²) in [6, 6.07) is 0. The van der Waals surface area contributed by atoms with E-state index in [1.54, 1.807) is 0 Å². The number of piperazine rings is 1. The second kappa shape index (κ2) is 6.36. The van der Waals surface area contributed by atoms with Gasteiger partial charge >= 0.3 is 0 Å². The summed E-state index contributed by atoms with van der Waals surface area (Å²) in [5.41, 5.74) is 0.774. The van der Waals surface area contributed by atoms with Crippen molar-refractivity contribution in [3.63, 3.8) is 0 Å². The lowest BCUT2D eigenvalue weighted by Gasteiger charge is -2.54. The molecule has 0 aromatic carbocycles. The summed E-state index contributed by atoms with van der Waals surface area (Å²) < 4.78 is 0. The van der Waals surface area contributed by atoms with Gasteiger partial charge in [0.1, 0.15) is 0 Å². The molecule has 0 radical (unpaired) electrons. The van der Waals surface area contributed by atoms with E-state index in [4.69, 9.17) is 0 Å². The Morgan fingerprint density at radius 1 is 1.20 bits per heavy atom. The molecule has 0 amide bonds. The second-order valence-electron chi connectivity index (χ2n) is 7.75. The maximum absolute atomic E-state index is 3.94. The summed E-state index contributed by atoms with van der Waals surface area (Å²) in [6.07, 6.45) is 8.09. The first-order valence-corrected chi connectivity index (χ1v) is 8.99. The van der Waals surface area contributed by atoms with Crippen LogP contribution in [0.25, 0.3) is 0 Å². The van der Waals surface area contributed by atoms with Crippen molar-refractivity contribution in [2.45, 2.75) is 84.2 Å². The molecule has 0 aromatic heterocycles. The van der Waals surface area contributed by atoms with Crippen molar-refractivity contribution in [1.82, 2.24) is 10.2 Å². The number of rotatable bonds is 7. The van der Waals surface area contributed by atoms with E-state index in [0.717, 1.165) is 11.8 Å². The van der Waals surface area contributed by atoms with Crippen molar-refractivity contribution < 1.29 is 0 Å². The molecule has 0 bridgehead atoms. The zero-order valence-corrected chi connectivity index (χ0v) is 14.5. The van der Waals surface area contributed by atoms with Crippen LogP contribution >= 0.6 is 0 Å². The third-order valence-corrected chi connectivity index (χ3v) is 6.16. The summed E-state index contributed by atoms with van der Waals surface area (Å²) in [5, 5.41) is 3.94. The van der Waals surface area contributed by atoms with Crippen LogP contribution in [-0.2, 0) is 0 Å². The van der Waals surface area contributed by atoms with Gasteiger partial charge in [-0.05, 0) is 50.9 Å². The van der Waals surface area contributed by atoms with Gasteiger partial charge in [-0.3, -0.25) is 4.90 Å². The highest BCUT2D eigenvalue weighted by molar-refractivity contribution is 5.08. The van der Waals surface area contributed by atoms with E-state index in [9.17, 15) is 0 Å². The molecule has 0 aromatic rings. The predicted octanol–water partition coefficient (Wildman–Crippen LogP) is 4.06. The highest BCUT2D eigenvalue weighted by Gasteiger charge is 2.50. The van der Waals surface area contributed by atoms with Crippen molar-refractivity contribution in [3.8, 4) is 0 Å². The van der Waals surface area contributed by atoms with Gasteiger partial charge in [-0.2, -0.15) is 0 Å². The minimum Gasteiger partial charge on any atom is -0.308 e. The van der Waals surface area contributed by atoms with Gasteiger partial charge in [-0.1, -0.05) is 34.1 Å². The van der Waals surface area contributed by atoms with Crippen LogP contribution in [-0.4, -0.2) is 35.6 Å². The molecule has 2 aliphatic rings. The fourth-order valence-corrected chi connectivity index (χ4v) is 4.14. The molecule has 1 saturated heterocycles. The highest BCUT2D eigenvalue weighted by Crippen LogP contribution is 2.45. The summed E-state index contributed by atoms with van der Waals surface area (Å²) in [4.78, 5) is 2.87. The van der Waals surface area contributed by atoms with Gasteiger partial charge in [0.05, 0.1) is 0 Å². The van der Waals surface area contributed by atoms with Crippen LogP contribution in [0.4, 0.5) is 0 Å². The van der Waals surface area contributed by atoms with Gasteiger partial charge in [0.2, 0.25) is 0 Å². The summed E-state index contributed by atoms with van der Waals surface area (Å²) in [6.45, 7) is 15.7. The molecule has 2 fully saturated rings. The first-order valence-electron chi connectivity index (χ1n) is 8.99. The fourth-order valence-electron chi connectivity index (χ4n) is 4.14. The Morgan fingerprint density at radius 3 is 2.35 bits per heavy atom. The van der Waals surface area contributed by atoms with E-state index >= 15 is 0 Å². The maximum atomic E-state index is 3.94. The van der Waals surface area contributed by atoms with Crippen LogP contribution in [0.15, 0.2) is 0 Å². The molecular weight excluding hydrogens is 244 g/mol. The zero-order valence-electron chi connectivity index (χ0n) is 14.5. The topological polar surface area (TPSA) is 15.3 Å². The molecule has 2 rings (SSSR count). The number of hydrogen-bond donors (Lipinski definition) is 1. The predicted molar refractivity (Wildman–Crippen MR) is 88.1 cm³/mol. The highest BCUT2D eigenvalue weighted by atomic mass is 15.3. The van der Waals surface area contributed by atoms with Crippen molar-refractivity contribution in [2.24, 2.45) is 11.8 Å². The lowest BCUT2D eigenvalue weighted by molar-refractivity contribution is -0.0117. The van der Waals surface area contributed by atoms with Crippen LogP contribution in [0.2, 0.25) is 0 Å². The fraction of sp³-hybridized carbons (Fsp3) is 1.00. The Morgan fingerprint density at radius 2 is 1.85 bits per heavy atom. The van der Waals surface area contributed by atoms with Gasteiger partial charge in [-0.25, -0.2) is 0 Å². The largest absolute Gasteiger partial charge is 0.308 e. The third-order valence-electron chi connectivity index (χ3n) is 6.16. The van der Waals surface area contributed by atoms with Gasteiger partial charge in [0.15, 0.2) is 0 Å². The van der Waals surface area contributed by atoms with Crippen LogP contribution in [0.1, 0.15) is 73.1 Å². The van der Waals surface area contributed by atoms with Gasteiger partial charge in [-0.15, -0.1) is 0 Å². The smallest absolute Gasteiger partial charge is 0.0335 e. The molecule has 1 aliphatic carbocycles. The molecule has 1 heterocycles. The van der Waals surface area contributed by atoms with E-state index < -0.39 is 0 Å². The third kappa shape index (κ3) is 3.22. The summed E-state index contributed by atoms with van der Waals surface area (Å²) in [5.74, 6) is 1.78. The molecule has 118 valence electrons. The molecule has 2 atom stereocenters. The SMILES string of the molecule is CCCC(C)CN1CC(CC)(CC)NCC1(C)C1CC1. The molecule has 1 aliphatic heterocycles. The van der Waals surface area contributed by atoms with Crippen LogP contribution < -0.4 is 5.32 Å². The lowest BCUT2D eigenvalue weighted by Crippen LogP contribution is -2.70. The number of nitrogens with zero attached hydrogens (tertiary/aromatic N) is 1. The van der Waals surface area contributed by atoms with E-state index in [1.807, 2.05) is 0 Å². The van der Waals surface area contributed by atoms with Gasteiger partial charge in [0.25, 0.3) is 0 Å². The molecule has 1 N–H and O–H groups in total. The van der Waals surface area contributed by atoms with E-state index in [2.05, 4.69) is 44.8 Å². The van der Waals surface area contributed by atoms with Crippen molar-refractivity contribution in [1.29, 1.82) is 0 Å². The monoisotopic (exact) mass is 280 g/mol. The van der Waals surface area contributed by atoms with Crippen molar-refractivity contribution in [3.05, 3.63) is 0 Å². The first-order chi connectivity index (χ1) is 9.49. The Hall–Kier alpha value is -0.0800. The van der Waals surface area contributed by atoms with E-state index in [-0.39, 0.29) is 0 Å². The number of hydrogen-bond acceptors (Lipinski definition) is 2. The van der Waals surface area contributed by atoms with Crippen LogP contribution in [0.5, 0.6) is 0 Å². The number of nitrogens with one attached hydrogen (secondary N) is 1. The maximum Gasteiger partial charge on any atom is 0.0335 e. The van der Waals surface area contributed by atoms with Crippen molar-refractivity contribution in [2.75, 3.05) is 19.6 Å². The first kappa shape index (κ1) is 16.3. The molecule has 2 unspecified atom stereocenters. The second-order valence-corrected chi connectivity index (χ2v) is 7.75. The standard InChI is InChI=1S/C18H36N2/c1-6-9-15(4)12-20-14-18(7-2,8-3)19-13-17(20,5)16-10-11-16/h15-16,19H,6-14H2,1-5H3. The Kier molecular flexibility index (Phi) is 5.18. The minimum atomic E-state index is 0.361. The lowest BCUT2D eigenvalue weighted by atomic mass is 9.81. The molecule has 20 heavy (non-hydrogen) atoms. The van der Waals surface area contributed by atoms with E-state index in [1.165, 1.54) is 58.2 Å². The quantitative estimate of drug-likeness (QED) is 0.756. The summed E-state index contributed by atoms with van der Waals surface area (Å²) in [7, 11) is 0. The molecule has 2 nitrogen and oxygen atoms in total. The molecule has 2 heteroatoms. The normalized spacial score (nSPS) is 32.2. The van der Waals surface area contributed by atoms with Gasteiger partial charge in [0, 0.05) is 30.7 Å². The van der Waals surface area contributed by atoms with Crippen molar-refractivity contribution >= 4 is 0 Å². The Balaban J connectivity index is 2.10. The Bertz CT molecular complexity index is 307. The average molecular weight is 281 g/mol. The Labute approximate surface area is 126 Å². The van der Waals surface area contributed by atoms with Crippen LogP contribution in [0.3, 0.4) is 0 Å². The summed E-state index contributed by atoms with van der Waals surface area (Å²) >= 11 is 0. The molecular formula is C18H36N2.